The van der Waals surface area contributed by atoms with Crippen LogP contribution in [0, 0.1) is 0 Å². The van der Waals surface area contributed by atoms with Crippen LogP contribution in [0.15, 0.2) is 0 Å². The number of carbonyl (C=O) groups is 1. The molecule has 1 N–H and O–H groups in total. The quantitative estimate of drug-likeness (QED) is 0.808. The van der Waals surface area contributed by atoms with E-state index in [1.54, 1.807) is 11.9 Å². The van der Waals surface area contributed by atoms with E-state index < -0.39 is 18.6 Å². The number of hydrogen-bond donors (Lipinski definition) is 1. The first-order chi connectivity index (χ1) is 7.28. The molecule has 16 heavy (non-hydrogen) atoms. The van der Waals surface area contributed by atoms with Crippen molar-refractivity contribution < 1.29 is 18.0 Å². The number of likely N-dealkylation sites (N-methyl/N-ethyl adjacent to an activating group) is 1. The number of nitrogens with zero attached hydrogens (tertiary/aromatic N) is 1. The lowest BCUT2D eigenvalue weighted by atomic mass is 10.0. The summed E-state index contributed by atoms with van der Waals surface area (Å²) < 4.78 is 36.3. The minimum absolute atomic E-state index is 0.0277. The first-order valence-corrected chi connectivity index (χ1v) is 5.34. The highest BCUT2D eigenvalue weighted by molar-refractivity contribution is 5.76. The molecule has 1 aliphatic rings. The summed E-state index contributed by atoms with van der Waals surface area (Å²) in [5, 5.41) is 2.91. The van der Waals surface area contributed by atoms with Gasteiger partial charge in [0.05, 0.1) is 6.42 Å². The largest absolute Gasteiger partial charge is 0.390 e. The van der Waals surface area contributed by atoms with Gasteiger partial charge in [0.15, 0.2) is 0 Å². The Balaban J connectivity index is 2.35. The number of amides is 1. The molecule has 94 valence electrons. The van der Waals surface area contributed by atoms with Gasteiger partial charge in [0.1, 0.15) is 0 Å². The summed E-state index contributed by atoms with van der Waals surface area (Å²) in [6.07, 6.45) is -3.94. The van der Waals surface area contributed by atoms with Crippen LogP contribution in [0.5, 0.6) is 0 Å². The third-order valence-electron chi connectivity index (χ3n) is 2.68. The van der Waals surface area contributed by atoms with Crippen LogP contribution in [0.1, 0.15) is 26.2 Å². The Labute approximate surface area is 93.0 Å². The van der Waals surface area contributed by atoms with Crippen LogP contribution in [-0.4, -0.2) is 42.7 Å². The molecule has 3 nitrogen and oxygen atoms in total. The molecule has 1 heterocycles. The van der Waals surface area contributed by atoms with E-state index in [1.807, 2.05) is 0 Å². The monoisotopic (exact) mass is 238 g/mol. The maximum absolute atomic E-state index is 12.1. The van der Waals surface area contributed by atoms with E-state index in [4.69, 9.17) is 0 Å². The van der Waals surface area contributed by atoms with E-state index in [-0.39, 0.29) is 11.9 Å². The summed E-state index contributed by atoms with van der Waals surface area (Å²) >= 11 is 0. The number of hydrogen-bond acceptors (Lipinski definition) is 2. The van der Waals surface area contributed by atoms with Gasteiger partial charge in [-0.2, -0.15) is 13.2 Å². The molecule has 1 amide bonds. The molecule has 1 saturated heterocycles. The lowest BCUT2D eigenvalue weighted by molar-refractivity contribution is -0.141. The summed E-state index contributed by atoms with van der Waals surface area (Å²) in [6.45, 7) is 2.00. The molecule has 0 bridgehead atoms. The van der Waals surface area contributed by atoms with Crippen LogP contribution in [-0.2, 0) is 4.79 Å². The second kappa shape index (κ2) is 5.03. The molecular formula is C10H17F3N2O. The highest BCUT2D eigenvalue weighted by Crippen LogP contribution is 2.22. The first-order valence-electron chi connectivity index (χ1n) is 5.34. The van der Waals surface area contributed by atoms with Gasteiger partial charge in [-0.25, -0.2) is 0 Å². The maximum Gasteiger partial charge on any atom is 0.390 e. The van der Waals surface area contributed by atoms with Gasteiger partial charge >= 0.3 is 6.18 Å². The Morgan fingerprint density at radius 3 is 2.69 bits per heavy atom. The fourth-order valence-corrected chi connectivity index (χ4v) is 1.96. The number of carbonyl (C=O) groups excluding carboxylic acids is 1. The van der Waals surface area contributed by atoms with Gasteiger partial charge in [0, 0.05) is 32.1 Å². The van der Waals surface area contributed by atoms with Crippen molar-refractivity contribution in [2.45, 2.75) is 44.4 Å². The molecular weight excluding hydrogens is 221 g/mol. The van der Waals surface area contributed by atoms with Crippen LogP contribution in [0.25, 0.3) is 0 Å². The van der Waals surface area contributed by atoms with Crippen LogP contribution in [0.4, 0.5) is 13.2 Å². The van der Waals surface area contributed by atoms with Crippen molar-refractivity contribution >= 4 is 5.91 Å². The zero-order chi connectivity index (χ0) is 12.3. The SMILES string of the molecule is CC(CC(F)(F)F)NC1CCC(=O)N(C)C1. The Morgan fingerprint density at radius 1 is 1.56 bits per heavy atom. The first kappa shape index (κ1) is 13.3. The number of halogens is 3. The standard InChI is InChI=1S/C10H17F3N2O/c1-7(5-10(11,12)13)14-8-3-4-9(16)15(2)6-8/h7-8,14H,3-6H2,1-2H3. The Hall–Kier alpha value is -0.780. The smallest absolute Gasteiger partial charge is 0.344 e. The van der Waals surface area contributed by atoms with Crippen molar-refractivity contribution in [2.24, 2.45) is 0 Å². The minimum atomic E-state index is -4.14. The third-order valence-corrected chi connectivity index (χ3v) is 2.68. The lowest BCUT2D eigenvalue weighted by Gasteiger charge is -2.32. The summed E-state index contributed by atoms with van der Waals surface area (Å²) in [5.74, 6) is 0.0570. The van der Waals surface area contributed by atoms with Crippen LogP contribution >= 0.6 is 0 Å². The molecule has 0 aliphatic carbocycles. The molecule has 2 unspecified atom stereocenters. The van der Waals surface area contributed by atoms with E-state index in [9.17, 15) is 18.0 Å². The molecule has 0 aromatic carbocycles. The van der Waals surface area contributed by atoms with E-state index in [0.29, 0.717) is 19.4 Å². The van der Waals surface area contributed by atoms with E-state index in [1.165, 1.54) is 6.92 Å². The third kappa shape index (κ3) is 4.38. The average Bonchev–Trinajstić information content (AvgIpc) is 2.08. The second-order valence-corrected chi connectivity index (χ2v) is 4.40. The van der Waals surface area contributed by atoms with Gasteiger partial charge in [-0.1, -0.05) is 0 Å². The Morgan fingerprint density at radius 2 is 2.19 bits per heavy atom. The minimum Gasteiger partial charge on any atom is -0.344 e. The summed E-state index contributed by atoms with van der Waals surface area (Å²) in [6, 6.07) is -0.633. The van der Waals surface area contributed by atoms with Crippen molar-refractivity contribution in [3.63, 3.8) is 0 Å². The van der Waals surface area contributed by atoms with Crippen LogP contribution < -0.4 is 5.32 Å². The van der Waals surface area contributed by atoms with Gasteiger partial charge < -0.3 is 10.2 Å². The molecule has 0 spiro atoms. The average molecular weight is 238 g/mol. The normalized spacial score (nSPS) is 24.7. The van der Waals surface area contributed by atoms with Crippen molar-refractivity contribution in [2.75, 3.05) is 13.6 Å². The second-order valence-electron chi connectivity index (χ2n) is 4.40. The highest BCUT2D eigenvalue weighted by atomic mass is 19.4. The number of nitrogens with one attached hydrogen (secondary N) is 1. The van der Waals surface area contributed by atoms with Gasteiger partial charge in [-0.3, -0.25) is 4.79 Å². The van der Waals surface area contributed by atoms with Gasteiger partial charge in [0.2, 0.25) is 5.91 Å². The van der Waals surface area contributed by atoms with Gasteiger partial charge in [0.25, 0.3) is 0 Å². The van der Waals surface area contributed by atoms with Crippen molar-refractivity contribution in [3.8, 4) is 0 Å². The van der Waals surface area contributed by atoms with Gasteiger partial charge in [-0.05, 0) is 13.3 Å². The van der Waals surface area contributed by atoms with Gasteiger partial charge in [-0.15, -0.1) is 0 Å². The van der Waals surface area contributed by atoms with Crippen molar-refractivity contribution in [1.82, 2.24) is 10.2 Å². The zero-order valence-corrected chi connectivity index (χ0v) is 9.47. The number of piperidine rings is 1. The van der Waals surface area contributed by atoms with Crippen molar-refractivity contribution in [1.29, 1.82) is 0 Å². The summed E-state index contributed by atoms with van der Waals surface area (Å²) in [7, 11) is 1.67. The number of rotatable bonds is 3. The maximum atomic E-state index is 12.1. The van der Waals surface area contributed by atoms with Crippen LogP contribution in [0.2, 0.25) is 0 Å². The molecule has 2 atom stereocenters. The molecule has 1 rings (SSSR count). The topological polar surface area (TPSA) is 32.3 Å². The highest BCUT2D eigenvalue weighted by Gasteiger charge is 2.31. The predicted molar refractivity (Wildman–Crippen MR) is 53.9 cm³/mol. The molecule has 0 aromatic rings. The molecule has 0 saturated carbocycles. The zero-order valence-electron chi connectivity index (χ0n) is 9.47. The Kier molecular flexibility index (Phi) is 4.18. The van der Waals surface area contributed by atoms with E-state index in [2.05, 4.69) is 5.32 Å². The Bertz CT molecular complexity index is 255. The number of likely N-dealkylation sites (tertiary alicyclic amines) is 1. The molecule has 0 aromatic heterocycles. The van der Waals surface area contributed by atoms with E-state index in [0.717, 1.165) is 0 Å². The molecule has 6 heteroatoms. The molecule has 0 radical (unpaired) electrons. The number of alkyl halides is 3. The summed E-state index contributed by atoms with van der Waals surface area (Å²) in [5.41, 5.74) is 0. The fraction of sp³-hybridized carbons (Fsp3) is 0.900. The fourth-order valence-electron chi connectivity index (χ4n) is 1.96. The van der Waals surface area contributed by atoms with Crippen LogP contribution in [0.3, 0.4) is 0 Å². The summed E-state index contributed by atoms with van der Waals surface area (Å²) in [4.78, 5) is 12.7. The van der Waals surface area contributed by atoms with Crippen molar-refractivity contribution in [3.05, 3.63) is 0 Å². The lowest BCUT2D eigenvalue weighted by Crippen LogP contribution is -2.49. The van der Waals surface area contributed by atoms with E-state index >= 15 is 0 Å². The molecule has 1 aliphatic heterocycles. The molecule has 1 fully saturated rings. The predicted octanol–water partition coefficient (Wildman–Crippen LogP) is 1.54.